The van der Waals surface area contributed by atoms with E-state index in [1.165, 1.54) is 0 Å². The van der Waals surface area contributed by atoms with Crippen molar-refractivity contribution >= 4 is 21.8 Å². The summed E-state index contributed by atoms with van der Waals surface area (Å²) in [5, 5.41) is 9.26. The Bertz CT molecular complexity index is 457. The van der Waals surface area contributed by atoms with Gasteiger partial charge in [-0.2, -0.15) is 0 Å². The average Bonchev–Trinajstić information content (AvgIpc) is 2.38. The summed E-state index contributed by atoms with van der Waals surface area (Å²) in [4.78, 5) is 13.9. The SMILES string of the molecule is CC(Oc1ccc(Br)cc1)C(=O)N(C)CC1CC(O)C1. The molecule has 1 unspecified atom stereocenters. The number of likely N-dealkylation sites (N-methyl/N-ethyl adjacent to an activating group) is 1. The van der Waals surface area contributed by atoms with Crippen LogP contribution in [0.5, 0.6) is 5.75 Å². The van der Waals surface area contributed by atoms with E-state index in [0.717, 1.165) is 17.3 Å². The molecule has 2 rings (SSSR count). The predicted molar refractivity (Wildman–Crippen MR) is 80.6 cm³/mol. The van der Waals surface area contributed by atoms with Crippen molar-refractivity contribution in [1.29, 1.82) is 0 Å². The first-order valence-electron chi connectivity index (χ1n) is 6.81. The van der Waals surface area contributed by atoms with Crippen LogP contribution in [0, 0.1) is 5.92 Å². The first kappa shape index (κ1) is 15.3. The number of amides is 1. The molecule has 1 N–H and O–H groups in total. The Morgan fingerprint density at radius 3 is 2.60 bits per heavy atom. The van der Waals surface area contributed by atoms with Crippen LogP contribution in [0.25, 0.3) is 0 Å². The molecule has 0 radical (unpaired) electrons. The number of nitrogens with zero attached hydrogens (tertiary/aromatic N) is 1. The highest BCUT2D eigenvalue weighted by Gasteiger charge is 2.30. The summed E-state index contributed by atoms with van der Waals surface area (Å²) in [6, 6.07) is 7.42. The largest absolute Gasteiger partial charge is 0.481 e. The van der Waals surface area contributed by atoms with Gasteiger partial charge in [-0.1, -0.05) is 15.9 Å². The first-order valence-corrected chi connectivity index (χ1v) is 7.60. The minimum absolute atomic E-state index is 0.0330. The number of aliphatic hydroxyl groups is 1. The fraction of sp³-hybridized carbons (Fsp3) is 0.533. The molecule has 1 fully saturated rings. The van der Waals surface area contributed by atoms with Gasteiger partial charge in [0.15, 0.2) is 6.10 Å². The Kier molecular flexibility index (Phi) is 5.05. The summed E-state index contributed by atoms with van der Waals surface area (Å²) in [6.07, 6.45) is 0.894. The third-order valence-corrected chi connectivity index (χ3v) is 4.12. The summed E-state index contributed by atoms with van der Waals surface area (Å²) >= 11 is 3.36. The van der Waals surface area contributed by atoms with Crippen LogP contribution in [0.4, 0.5) is 0 Å². The fourth-order valence-corrected chi connectivity index (χ4v) is 2.67. The maximum atomic E-state index is 12.2. The molecule has 1 saturated carbocycles. The van der Waals surface area contributed by atoms with E-state index < -0.39 is 6.10 Å². The lowest BCUT2D eigenvalue weighted by Gasteiger charge is -2.35. The van der Waals surface area contributed by atoms with Crippen LogP contribution in [-0.4, -0.2) is 41.7 Å². The number of ether oxygens (including phenoxy) is 1. The van der Waals surface area contributed by atoms with E-state index in [-0.39, 0.29) is 12.0 Å². The predicted octanol–water partition coefficient (Wildman–Crippen LogP) is 2.45. The topological polar surface area (TPSA) is 49.8 Å². The van der Waals surface area contributed by atoms with Crippen molar-refractivity contribution in [1.82, 2.24) is 4.90 Å². The molecule has 1 aliphatic rings. The van der Waals surface area contributed by atoms with Crippen molar-refractivity contribution in [3.63, 3.8) is 0 Å². The summed E-state index contributed by atoms with van der Waals surface area (Å²) in [5.74, 6) is 1.06. The van der Waals surface area contributed by atoms with Crippen molar-refractivity contribution in [3.05, 3.63) is 28.7 Å². The normalized spacial score (nSPS) is 22.8. The number of halogens is 1. The van der Waals surface area contributed by atoms with Gasteiger partial charge in [0.25, 0.3) is 5.91 Å². The zero-order chi connectivity index (χ0) is 14.7. The van der Waals surface area contributed by atoms with E-state index in [2.05, 4.69) is 15.9 Å². The van der Waals surface area contributed by atoms with E-state index in [9.17, 15) is 9.90 Å². The number of rotatable bonds is 5. The van der Waals surface area contributed by atoms with Gasteiger partial charge >= 0.3 is 0 Å². The Labute approximate surface area is 127 Å². The summed E-state index contributed by atoms with van der Waals surface area (Å²) in [6.45, 7) is 2.44. The van der Waals surface area contributed by atoms with Crippen LogP contribution in [0.1, 0.15) is 19.8 Å². The van der Waals surface area contributed by atoms with Crippen molar-refractivity contribution in [3.8, 4) is 5.75 Å². The molecule has 0 saturated heterocycles. The number of hydrogen-bond donors (Lipinski definition) is 1. The smallest absolute Gasteiger partial charge is 0.263 e. The van der Waals surface area contributed by atoms with Gasteiger partial charge in [-0.05, 0) is 49.9 Å². The number of aliphatic hydroxyl groups excluding tert-OH is 1. The lowest BCUT2D eigenvalue weighted by atomic mass is 9.82. The third-order valence-electron chi connectivity index (χ3n) is 3.59. The Morgan fingerprint density at radius 2 is 2.05 bits per heavy atom. The lowest BCUT2D eigenvalue weighted by Crippen LogP contribution is -2.44. The minimum atomic E-state index is -0.508. The lowest BCUT2D eigenvalue weighted by molar-refractivity contribution is -0.138. The molecule has 1 aromatic carbocycles. The van der Waals surface area contributed by atoms with E-state index in [4.69, 9.17) is 4.74 Å². The van der Waals surface area contributed by atoms with Gasteiger partial charge in [-0.25, -0.2) is 0 Å². The Balaban J connectivity index is 1.83. The molecule has 0 aliphatic heterocycles. The molecule has 20 heavy (non-hydrogen) atoms. The molecule has 1 aliphatic carbocycles. The second kappa shape index (κ2) is 6.59. The van der Waals surface area contributed by atoms with E-state index in [1.54, 1.807) is 18.9 Å². The van der Waals surface area contributed by atoms with Gasteiger partial charge in [-0.3, -0.25) is 4.79 Å². The van der Waals surface area contributed by atoms with Gasteiger partial charge in [0.1, 0.15) is 5.75 Å². The van der Waals surface area contributed by atoms with Crippen LogP contribution in [0.15, 0.2) is 28.7 Å². The Morgan fingerprint density at radius 1 is 1.45 bits per heavy atom. The highest BCUT2D eigenvalue weighted by atomic mass is 79.9. The summed E-state index contributed by atoms with van der Waals surface area (Å²) in [5.41, 5.74) is 0. The summed E-state index contributed by atoms with van der Waals surface area (Å²) < 4.78 is 6.62. The van der Waals surface area contributed by atoms with Crippen molar-refractivity contribution < 1.29 is 14.6 Å². The monoisotopic (exact) mass is 341 g/mol. The molecule has 0 aromatic heterocycles. The van der Waals surface area contributed by atoms with Crippen LogP contribution in [-0.2, 0) is 4.79 Å². The fourth-order valence-electron chi connectivity index (χ4n) is 2.40. The molecule has 5 heteroatoms. The van der Waals surface area contributed by atoms with Crippen LogP contribution < -0.4 is 4.74 Å². The van der Waals surface area contributed by atoms with E-state index in [0.29, 0.717) is 18.2 Å². The quantitative estimate of drug-likeness (QED) is 0.894. The molecule has 1 amide bonds. The standard InChI is InChI=1S/C15H20BrNO3/c1-10(20-14-5-3-12(16)4-6-14)15(19)17(2)9-11-7-13(18)8-11/h3-6,10-11,13,18H,7-9H2,1-2H3. The van der Waals surface area contributed by atoms with Gasteiger partial charge < -0.3 is 14.7 Å². The Hall–Kier alpha value is -1.07. The molecule has 0 heterocycles. The maximum Gasteiger partial charge on any atom is 0.263 e. The third kappa shape index (κ3) is 3.96. The van der Waals surface area contributed by atoms with Crippen molar-refractivity contribution in [2.75, 3.05) is 13.6 Å². The molecule has 4 nitrogen and oxygen atoms in total. The molecule has 0 spiro atoms. The second-order valence-electron chi connectivity index (χ2n) is 5.42. The molecule has 110 valence electrons. The molecule has 0 bridgehead atoms. The van der Waals surface area contributed by atoms with E-state index >= 15 is 0 Å². The highest BCUT2D eigenvalue weighted by molar-refractivity contribution is 9.10. The molecule has 1 atom stereocenters. The molecular weight excluding hydrogens is 322 g/mol. The van der Waals surface area contributed by atoms with Gasteiger partial charge in [0.2, 0.25) is 0 Å². The number of carbonyl (C=O) groups excluding carboxylic acids is 1. The highest BCUT2D eigenvalue weighted by Crippen LogP contribution is 2.27. The van der Waals surface area contributed by atoms with Gasteiger partial charge in [0, 0.05) is 18.1 Å². The van der Waals surface area contributed by atoms with Gasteiger partial charge in [-0.15, -0.1) is 0 Å². The number of hydrogen-bond acceptors (Lipinski definition) is 3. The second-order valence-corrected chi connectivity index (χ2v) is 6.34. The maximum absolute atomic E-state index is 12.2. The van der Waals surface area contributed by atoms with Crippen molar-refractivity contribution in [2.45, 2.75) is 32.0 Å². The number of benzene rings is 1. The van der Waals surface area contributed by atoms with Gasteiger partial charge in [0.05, 0.1) is 6.10 Å². The summed E-state index contributed by atoms with van der Waals surface area (Å²) in [7, 11) is 1.79. The average molecular weight is 342 g/mol. The van der Waals surface area contributed by atoms with Crippen LogP contribution in [0.3, 0.4) is 0 Å². The molecule has 1 aromatic rings. The van der Waals surface area contributed by atoms with Crippen LogP contribution in [0.2, 0.25) is 0 Å². The van der Waals surface area contributed by atoms with Crippen LogP contribution >= 0.6 is 15.9 Å². The van der Waals surface area contributed by atoms with Crippen molar-refractivity contribution in [2.24, 2.45) is 5.92 Å². The zero-order valence-corrected chi connectivity index (χ0v) is 13.3. The molecular formula is C15H20BrNO3. The first-order chi connectivity index (χ1) is 9.45. The number of carbonyl (C=O) groups is 1. The minimum Gasteiger partial charge on any atom is -0.481 e. The van der Waals surface area contributed by atoms with E-state index in [1.807, 2.05) is 24.3 Å². The zero-order valence-electron chi connectivity index (χ0n) is 11.8.